The zero-order valence-electron chi connectivity index (χ0n) is 11.9. The topological polar surface area (TPSA) is 12.0 Å². The van der Waals surface area contributed by atoms with Gasteiger partial charge < -0.3 is 5.32 Å². The number of halogens is 1. The van der Waals surface area contributed by atoms with Crippen LogP contribution in [-0.2, 0) is 0 Å². The Morgan fingerprint density at radius 2 is 2.16 bits per heavy atom. The van der Waals surface area contributed by atoms with Crippen molar-refractivity contribution in [3.8, 4) is 0 Å². The van der Waals surface area contributed by atoms with Gasteiger partial charge in [0.15, 0.2) is 0 Å². The van der Waals surface area contributed by atoms with Crippen LogP contribution in [0.4, 0.5) is 4.39 Å². The summed E-state index contributed by atoms with van der Waals surface area (Å²) in [7, 11) is 2.03. The molecule has 0 amide bonds. The van der Waals surface area contributed by atoms with Gasteiger partial charge >= 0.3 is 0 Å². The summed E-state index contributed by atoms with van der Waals surface area (Å²) >= 11 is 1.64. The molecule has 0 heterocycles. The molecule has 1 aromatic rings. The van der Waals surface area contributed by atoms with Crippen LogP contribution in [0.15, 0.2) is 29.2 Å². The standard InChI is InChI=1S/C16H24FNS/c1-12-6-5-7-13(10-12)15(18-2)11-19-16-9-4-3-8-14(16)17/h3-4,8-9,12-13,15,18H,5-7,10-11H2,1-2H3. The molecule has 1 aliphatic carbocycles. The quantitative estimate of drug-likeness (QED) is 0.806. The first-order valence-corrected chi connectivity index (χ1v) is 8.24. The minimum Gasteiger partial charge on any atom is -0.316 e. The molecule has 1 aromatic carbocycles. The highest BCUT2D eigenvalue weighted by molar-refractivity contribution is 7.99. The fourth-order valence-electron chi connectivity index (χ4n) is 3.04. The molecule has 1 fully saturated rings. The number of hydrogen-bond donors (Lipinski definition) is 1. The van der Waals surface area contributed by atoms with Gasteiger partial charge in [-0.25, -0.2) is 4.39 Å². The molecule has 0 radical (unpaired) electrons. The summed E-state index contributed by atoms with van der Waals surface area (Å²) in [5, 5.41) is 3.44. The number of benzene rings is 1. The molecule has 0 spiro atoms. The van der Waals surface area contributed by atoms with Gasteiger partial charge in [0.25, 0.3) is 0 Å². The lowest BCUT2D eigenvalue weighted by Crippen LogP contribution is -2.38. The van der Waals surface area contributed by atoms with Gasteiger partial charge in [0.2, 0.25) is 0 Å². The van der Waals surface area contributed by atoms with Crippen LogP contribution in [0, 0.1) is 17.7 Å². The Balaban J connectivity index is 1.90. The maximum atomic E-state index is 13.6. The van der Waals surface area contributed by atoms with Crippen LogP contribution in [0.2, 0.25) is 0 Å². The Morgan fingerprint density at radius 3 is 2.84 bits per heavy atom. The van der Waals surface area contributed by atoms with Crippen molar-refractivity contribution in [1.82, 2.24) is 5.32 Å². The summed E-state index contributed by atoms with van der Waals surface area (Å²) in [5.74, 6) is 2.44. The molecule has 0 aliphatic heterocycles. The van der Waals surface area contributed by atoms with Crippen molar-refractivity contribution in [2.45, 2.75) is 43.5 Å². The summed E-state index contributed by atoms with van der Waals surface area (Å²) in [6.07, 6.45) is 5.33. The lowest BCUT2D eigenvalue weighted by molar-refractivity contribution is 0.240. The van der Waals surface area contributed by atoms with Gasteiger partial charge in [-0.3, -0.25) is 0 Å². The summed E-state index contributed by atoms with van der Waals surface area (Å²) in [6.45, 7) is 2.35. The minimum absolute atomic E-state index is 0.0978. The zero-order chi connectivity index (χ0) is 13.7. The van der Waals surface area contributed by atoms with Crippen molar-refractivity contribution in [3.05, 3.63) is 30.1 Å². The van der Waals surface area contributed by atoms with Crippen molar-refractivity contribution < 1.29 is 4.39 Å². The van der Waals surface area contributed by atoms with E-state index in [1.165, 1.54) is 25.7 Å². The lowest BCUT2D eigenvalue weighted by Gasteiger charge is -2.33. The molecule has 3 heteroatoms. The van der Waals surface area contributed by atoms with Crippen LogP contribution in [-0.4, -0.2) is 18.8 Å². The lowest BCUT2D eigenvalue weighted by atomic mass is 9.79. The molecule has 1 aliphatic rings. The van der Waals surface area contributed by atoms with Gasteiger partial charge in [0.05, 0.1) is 0 Å². The summed E-state index contributed by atoms with van der Waals surface area (Å²) in [4.78, 5) is 0.770. The average molecular weight is 281 g/mol. The van der Waals surface area contributed by atoms with Crippen molar-refractivity contribution in [3.63, 3.8) is 0 Å². The van der Waals surface area contributed by atoms with Gasteiger partial charge in [-0.05, 0) is 43.9 Å². The molecule has 106 valence electrons. The molecule has 3 unspecified atom stereocenters. The van der Waals surface area contributed by atoms with Crippen LogP contribution >= 0.6 is 11.8 Å². The first-order valence-electron chi connectivity index (χ1n) is 7.25. The van der Waals surface area contributed by atoms with Crippen molar-refractivity contribution >= 4 is 11.8 Å². The van der Waals surface area contributed by atoms with Crippen molar-refractivity contribution in [1.29, 1.82) is 0 Å². The molecule has 1 nitrogen and oxygen atoms in total. The molecular formula is C16H24FNS. The normalized spacial score (nSPS) is 25.2. The predicted octanol–water partition coefficient (Wildman–Crippen LogP) is 4.33. The van der Waals surface area contributed by atoms with Crippen LogP contribution in [0.3, 0.4) is 0 Å². The van der Waals surface area contributed by atoms with E-state index in [0.717, 1.165) is 22.5 Å². The fraction of sp³-hybridized carbons (Fsp3) is 0.625. The molecule has 3 atom stereocenters. The number of rotatable bonds is 5. The Bertz CT molecular complexity index is 396. The molecule has 1 N–H and O–H groups in total. The molecule has 1 saturated carbocycles. The second-order valence-electron chi connectivity index (χ2n) is 5.67. The molecule has 2 rings (SSSR count). The Labute approximate surface area is 120 Å². The van der Waals surface area contributed by atoms with Crippen molar-refractivity contribution in [2.75, 3.05) is 12.8 Å². The number of nitrogens with one attached hydrogen (secondary N) is 1. The van der Waals surface area contributed by atoms with E-state index in [2.05, 4.69) is 12.2 Å². The molecule has 19 heavy (non-hydrogen) atoms. The average Bonchev–Trinajstić information content (AvgIpc) is 2.41. The molecule has 0 saturated heterocycles. The van der Waals surface area contributed by atoms with Crippen LogP contribution in [0.5, 0.6) is 0 Å². The SMILES string of the molecule is CNC(CSc1ccccc1F)C1CCCC(C)C1. The number of hydrogen-bond acceptors (Lipinski definition) is 2. The van der Waals surface area contributed by atoms with Crippen molar-refractivity contribution in [2.24, 2.45) is 11.8 Å². The van der Waals surface area contributed by atoms with Gasteiger partial charge in [0, 0.05) is 16.7 Å². The van der Waals surface area contributed by atoms with Crippen LogP contribution in [0.25, 0.3) is 0 Å². The van der Waals surface area contributed by atoms with Gasteiger partial charge in [0.1, 0.15) is 5.82 Å². The van der Waals surface area contributed by atoms with E-state index in [9.17, 15) is 4.39 Å². The van der Waals surface area contributed by atoms with Gasteiger partial charge in [-0.1, -0.05) is 31.9 Å². The third-order valence-corrected chi connectivity index (χ3v) is 5.34. The van der Waals surface area contributed by atoms with E-state index in [4.69, 9.17) is 0 Å². The monoisotopic (exact) mass is 281 g/mol. The van der Waals surface area contributed by atoms with Crippen LogP contribution < -0.4 is 5.32 Å². The van der Waals surface area contributed by atoms with E-state index in [0.29, 0.717) is 6.04 Å². The van der Waals surface area contributed by atoms with E-state index < -0.39 is 0 Å². The van der Waals surface area contributed by atoms with E-state index in [-0.39, 0.29) is 5.82 Å². The third-order valence-electron chi connectivity index (χ3n) is 4.17. The van der Waals surface area contributed by atoms with E-state index in [1.807, 2.05) is 19.2 Å². The van der Waals surface area contributed by atoms with E-state index in [1.54, 1.807) is 23.9 Å². The highest BCUT2D eigenvalue weighted by Gasteiger charge is 2.25. The summed E-state index contributed by atoms with van der Waals surface area (Å²) in [5.41, 5.74) is 0. The maximum absolute atomic E-state index is 13.6. The van der Waals surface area contributed by atoms with Crippen LogP contribution in [0.1, 0.15) is 32.6 Å². The maximum Gasteiger partial charge on any atom is 0.136 e. The first kappa shape index (κ1) is 14.9. The van der Waals surface area contributed by atoms with Gasteiger partial charge in [-0.2, -0.15) is 0 Å². The largest absolute Gasteiger partial charge is 0.316 e. The third kappa shape index (κ3) is 4.22. The van der Waals surface area contributed by atoms with E-state index >= 15 is 0 Å². The molecule has 0 aromatic heterocycles. The summed E-state index contributed by atoms with van der Waals surface area (Å²) in [6, 6.07) is 7.56. The van der Waals surface area contributed by atoms with Gasteiger partial charge in [-0.15, -0.1) is 11.8 Å². The molecule has 0 bridgehead atoms. The minimum atomic E-state index is -0.0978. The highest BCUT2D eigenvalue weighted by atomic mass is 32.2. The highest BCUT2D eigenvalue weighted by Crippen LogP contribution is 2.33. The summed E-state index contributed by atoms with van der Waals surface area (Å²) < 4.78 is 13.6. The second-order valence-corrected chi connectivity index (χ2v) is 6.73. The fourth-order valence-corrected chi connectivity index (χ4v) is 4.22. The first-order chi connectivity index (χ1) is 9.20. The molecular weight excluding hydrogens is 257 g/mol. The zero-order valence-corrected chi connectivity index (χ0v) is 12.7. The Morgan fingerprint density at radius 1 is 1.37 bits per heavy atom. The smallest absolute Gasteiger partial charge is 0.136 e. The Hall–Kier alpha value is -0.540. The second kappa shape index (κ2) is 7.30. The predicted molar refractivity (Wildman–Crippen MR) is 81.1 cm³/mol. The Kier molecular flexibility index (Phi) is 5.71. The number of thioether (sulfide) groups is 1.